The topological polar surface area (TPSA) is 126 Å². The summed E-state index contributed by atoms with van der Waals surface area (Å²) in [5, 5.41) is 31.0. The number of ether oxygens (including phenoxy) is 2. The van der Waals surface area contributed by atoms with Gasteiger partial charge in [-0.05, 0) is 13.0 Å². The summed E-state index contributed by atoms with van der Waals surface area (Å²) in [6, 6.07) is 9.34. The molecule has 0 saturated carbocycles. The number of halogens is 1. The smallest absolute Gasteiger partial charge is 0.234 e. The summed E-state index contributed by atoms with van der Waals surface area (Å²) < 4.78 is 25.6. The first kappa shape index (κ1) is 20.5. The van der Waals surface area contributed by atoms with Crippen molar-refractivity contribution in [1.29, 1.82) is 0 Å². The van der Waals surface area contributed by atoms with Crippen LogP contribution in [0.2, 0.25) is 0 Å². The van der Waals surface area contributed by atoms with Crippen molar-refractivity contribution >= 4 is 22.5 Å². The number of ketones is 2. The third-order valence-electron chi connectivity index (χ3n) is 5.86. The monoisotopic (exact) mass is 439 g/mol. The molecule has 9 heteroatoms. The number of alkyl halides is 1. The van der Waals surface area contributed by atoms with E-state index in [2.05, 4.69) is 4.98 Å². The molecule has 5 rings (SSSR count). The quantitative estimate of drug-likeness (QED) is 0.432. The highest BCUT2D eigenvalue weighted by molar-refractivity contribution is 6.33. The molecule has 3 N–H and O–H groups in total. The Balaban J connectivity index is 1.70. The molecular weight excluding hydrogens is 421 g/mol. The van der Waals surface area contributed by atoms with E-state index >= 15 is 0 Å². The van der Waals surface area contributed by atoms with E-state index in [9.17, 15) is 29.3 Å². The van der Waals surface area contributed by atoms with E-state index in [-0.39, 0.29) is 38.9 Å². The Labute approximate surface area is 180 Å². The van der Waals surface area contributed by atoms with Crippen LogP contribution >= 0.6 is 0 Å². The third-order valence-corrected chi connectivity index (χ3v) is 5.86. The first-order chi connectivity index (χ1) is 15.3. The Hall–Kier alpha value is -3.40. The molecule has 1 saturated heterocycles. The van der Waals surface area contributed by atoms with Gasteiger partial charge in [0.15, 0.2) is 29.2 Å². The maximum atomic E-state index is 14.7. The molecule has 2 heterocycles. The number of phenolic OH excluding ortho intramolecular Hbond substituents is 1. The van der Waals surface area contributed by atoms with E-state index in [1.54, 1.807) is 24.3 Å². The van der Waals surface area contributed by atoms with Gasteiger partial charge in [-0.25, -0.2) is 4.39 Å². The molecule has 3 aromatic rings. The van der Waals surface area contributed by atoms with E-state index in [4.69, 9.17) is 9.47 Å². The first-order valence-corrected chi connectivity index (χ1v) is 9.95. The minimum Gasteiger partial charge on any atom is -0.504 e. The van der Waals surface area contributed by atoms with Crippen LogP contribution in [0.5, 0.6) is 11.5 Å². The van der Waals surface area contributed by atoms with Gasteiger partial charge in [-0.15, -0.1) is 0 Å². The molecular formula is C23H18FNO7. The molecule has 5 atom stereocenters. The number of pyridine rings is 1. The molecule has 1 aromatic heterocycles. The van der Waals surface area contributed by atoms with E-state index in [1.807, 2.05) is 0 Å². The third kappa shape index (κ3) is 2.82. The minimum absolute atomic E-state index is 0.0214. The van der Waals surface area contributed by atoms with Gasteiger partial charge in [0.05, 0.1) is 11.7 Å². The Morgan fingerprint density at radius 3 is 2.34 bits per heavy atom. The van der Waals surface area contributed by atoms with E-state index in [1.165, 1.54) is 25.3 Å². The number of hydrogen-bond donors (Lipinski definition) is 3. The van der Waals surface area contributed by atoms with Crippen LogP contribution in [0.25, 0.3) is 10.9 Å². The van der Waals surface area contributed by atoms with Gasteiger partial charge in [0, 0.05) is 28.3 Å². The molecule has 164 valence electrons. The zero-order chi connectivity index (χ0) is 22.7. The van der Waals surface area contributed by atoms with Gasteiger partial charge in [0.1, 0.15) is 17.7 Å². The highest BCUT2D eigenvalue weighted by atomic mass is 19.1. The maximum Gasteiger partial charge on any atom is 0.234 e. The lowest BCUT2D eigenvalue weighted by Crippen LogP contribution is -2.56. The number of rotatable bonds is 2. The van der Waals surface area contributed by atoms with Crippen LogP contribution in [-0.4, -0.2) is 62.6 Å². The number of hydrogen-bond acceptors (Lipinski definition) is 8. The Morgan fingerprint density at radius 1 is 1.00 bits per heavy atom. The van der Waals surface area contributed by atoms with Crippen molar-refractivity contribution in [3.05, 3.63) is 64.8 Å². The molecule has 1 aliphatic heterocycles. The summed E-state index contributed by atoms with van der Waals surface area (Å²) >= 11 is 0. The Morgan fingerprint density at radius 2 is 1.66 bits per heavy atom. The van der Waals surface area contributed by atoms with Crippen molar-refractivity contribution in [3.8, 4) is 11.5 Å². The summed E-state index contributed by atoms with van der Waals surface area (Å²) in [4.78, 5) is 30.6. The minimum atomic E-state index is -2.14. The molecule has 8 nitrogen and oxygen atoms in total. The Bertz CT molecular complexity index is 1280. The van der Waals surface area contributed by atoms with Crippen LogP contribution in [0.3, 0.4) is 0 Å². The van der Waals surface area contributed by atoms with Gasteiger partial charge in [-0.1, -0.05) is 30.3 Å². The molecule has 1 fully saturated rings. The number of aromatic nitrogens is 1. The van der Waals surface area contributed by atoms with Crippen molar-refractivity contribution in [2.45, 2.75) is 37.7 Å². The highest BCUT2D eigenvalue weighted by Crippen LogP contribution is 2.45. The van der Waals surface area contributed by atoms with Crippen molar-refractivity contribution in [1.82, 2.24) is 4.98 Å². The normalized spacial score (nSPS) is 27.2. The molecule has 0 spiro atoms. The number of aliphatic hydroxyl groups is 2. The number of fused-ring (bicyclic) bond motifs is 4. The predicted molar refractivity (Wildman–Crippen MR) is 109 cm³/mol. The lowest BCUT2D eigenvalue weighted by atomic mass is 9.81. The van der Waals surface area contributed by atoms with Crippen LogP contribution in [0.15, 0.2) is 42.6 Å². The highest BCUT2D eigenvalue weighted by Gasteiger charge is 2.45. The number of benzene rings is 2. The molecule has 0 amide bonds. The second-order valence-electron chi connectivity index (χ2n) is 7.78. The van der Waals surface area contributed by atoms with Gasteiger partial charge in [-0.3, -0.25) is 14.6 Å². The fourth-order valence-electron chi connectivity index (χ4n) is 4.19. The Kier molecular flexibility index (Phi) is 4.70. The average molecular weight is 439 g/mol. The zero-order valence-corrected chi connectivity index (χ0v) is 16.7. The number of carbonyl (C=O) groups excluding carboxylic acids is 2. The van der Waals surface area contributed by atoms with Crippen LogP contribution in [-0.2, 0) is 4.74 Å². The molecule has 0 bridgehead atoms. The standard InChI is InChI=1S/C23H18FNO7/c1-9-17(26)21(30)15(24)23(31-9)32-22-16-12(7-4-8-25-16)13-14(20(22)29)19(28)11-6-3-2-5-10(11)18(13)27/h2-9,15,17,21,23,26,29-30H,1H3. The van der Waals surface area contributed by atoms with Gasteiger partial charge >= 0.3 is 0 Å². The van der Waals surface area contributed by atoms with Crippen molar-refractivity contribution in [2.75, 3.05) is 0 Å². The zero-order valence-electron chi connectivity index (χ0n) is 16.7. The molecule has 2 aliphatic rings. The van der Waals surface area contributed by atoms with Gasteiger partial charge in [0.2, 0.25) is 6.29 Å². The molecule has 0 radical (unpaired) electrons. The summed E-state index contributed by atoms with van der Waals surface area (Å²) in [6.07, 6.45) is -6.66. The number of aliphatic hydroxyl groups excluding tert-OH is 2. The van der Waals surface area contributed by atoms with Crippen LogP contribution in [0.4, 0.5) is 4.39 Å². The molecule has 2 aromatic carbocycles. The second-order valence-corrected chi connectivity index (χ2v) is 7.78. The fourth-order valence-corrected chi connectivity index (χ4v) is 4.19. The fraction of sp³-hybridized carbons (Fsp3) is 0.261. The summed E-state index contributed by atoms with van der Waals surface area (Å²) in [6.45, 7) is 1.43. The second kappa shape index (κ2) is 7.33. The summed E-state index contributed by atoms with van der Waals surface area (Å²) in [5.74, 6) is -2.08. The van der Waals surface area contributed by atoms with E-state index in [0.717, 1.165) is 0 Å². The summed E-state index contributed by atoms with van der Waals surface area (Å²) in [5.41, 5.74) is 0.0526. The van der Waals surface area contributed by atoms with Crippen molar-refractivity contribution in [3.63, 3.8) is 0 Å². The van der Waals surface area contributed by atoms with Crippen LogP contribution in [0.1, 0.15) is 38.8 Å². The largest absolute Gasteiger partial charge is 0.504 e. The van der Waals surface area contributed by atoms with Crippen molar-refractivity contribution in [2.24, 2.45) is 0 Å². The number of phenols is 1. The van der Waals surface area contributed by atoms with Gasteiger partial charge in [0.25, 0.3) is 0 Å². The van der Waals surface area contributed by atoms with Gasteiger partial charge in [-0.2, -0.15) is 0 Å². The van der Waals surface area contributed by atoms with Crippen molar-refractivity contribution < 1.29 is 38.8 Å². The molecule has 5 unspecified atom stereocenters. The predicted octanol–water partition coefficient (Wildman–Crippen LogP) is 1.90. The first-order valence-electron chi connectivity index (χ1n) is 9.95. The van der Waals surface area contributed by atoms with E-state index in [0.29, 0.717) is 0 Å². The van der Waals surface area contributed by atoms with Crippen LogP contribution in [0, 0.1) is 0 Å². The van der Waals surface area contributed by atoms with E-state index < -0.39 is 48.1 Å². The SMILES string of the molecule is CC1OC(Oc2c(O)c3c(c4cccnc24)C(=O)c2ccccc2C3=O)C(F)C(O)C1O. The maximum absolute atomic E-state index is 14.7. The number of aromatic hydroxyl groups is 1. The average Bonchev–Trinajstić information content (AvgIpc) is 2.80. The van der Waals surface area contributed by atoms with Crippen LogP contribution < -0.4 is 4.74 Å². The number of carbonyl (C=O) groups is 2. The van der Waals surface area contributed by atoms with Gasteiger partial charge < -0.3 is 24.8 Å². The number of nitrogens with zero attached hydrogens (tertiary/aromatic N) is 1. The molecule has 32 heavy (non-hydrogen) atoms. The lowest BCUT2D eigenvalue weighted by Gasteiger charge is -2.38. The molecule has 1 aliphatic carbocycles. The lowest BCUT2D eigenvalue weighted by molar-refractivity contribution is -0.251. The summed E-state index contributed by atoms with van der Waals surface area (Å²) in [7, 11) is 0.